The van der Waals surface area contributed by atoms with E-state index in [2.05, 4.69) is 35.4 Å². The van der Waals surface area contributed by atoms with Gasteiger partial charge in [-0.2, -0.15) is 5.26 Å². The molecule has 1 fully saturated rings. The summed E-state index contributed by atoms with van der Waals surface area (Å²) in [6.45, 7) is 6.18. The number of unbranched alkanes of at least 4 members (excludes halogenated alkanes) is 1. The molecule has 1 atom stereocenters. The van der Waals surface area contributed by atoms with E-state index in [1.807, 2.05) is 25.6 Å². The summed E-state index contributed by atoms with van der Waals surface area (Å²) in [4.78, 5) is 4.54. The van der Waals surface area contributed by atoms with Crippen molar-refractivity contribution in [2.75, 3.05) is 5.75 Å². The highest BCUT2D eigenvalue weighted by atomic mass is 32.2. The van der Waals surface area contributed by atoms with Gasteiger partial charge in [0.05, 0.1) is 11.1 Å². The predicted molar refractivity (Wildman–Crippen MR) is 88.5 cm³/mol. The molecule has 1 N–H and O–H groups in total. The van der Waals surface area contributed by atoms with E-state index in [-0.39, 0.29) is 5.54 Å². The van der Waals surface area contributed by atoms with E-state index in [1.165, 1.54) is 18.4 Å². The molecule has 1 aromatic rings. The average molecular weight is 303 g/mol. The Morgan fingerprint density at radius 3 is 2.76 bits per heavy atom. The molecule has 0 spiro atoms. The van der Waals surface area contributed by atoms with Crippen LogP contribution in [0.4, 0.5) is 0 Å². The second kappa shape index (κ2) is 7.29. The second-order valence-electron chi connectivity index (χ2n) is 6.29. The fourth-order valence-electron chi connectivity index (χ4n) is 2.47. The monoisotopic (exact) mass is 303 g/mol. The highest BCUT2D eigenvalue weighted by Gasteiger charge is 2.31. The van der Waals surface area contributed by atoms with Crippen LogP contribution in [0, 0.1) is 25.2 Å². The summed E-state index contributed by atoms with van der Waals surface area (Å²) in [6, 6.07) is 7.28. The summed E-state index contributed by atoms with van der Waals surface area (Å²) in [6.07, 6.45) is 5.60. The van der Waals surface area contributed by atoms with Crippen molar-refractivity contribution in [1.82, 2.24) is 10.3 Å². The van der Waals surface area contributed by atoms with Gasteiger partial charge in [0.1, 0.15) is 5.54 Å². The maximum absolute atomic E-state index is 9.33. The van der Waals surface area contributed by atoms with E-state index in [0.717, 1.165) is 35.7 Å². The van der Waals surface area contributed by atoms with Crippen molar-refractivity contribution >= 4 is 11.8 Å². The number of aryl methyl sites for hydroxylation is 2. The second-order valence-corrected chi connectivity index (χ2v) is 7.41. The molecule has 0 saturated heterocycles. The summed E-state index contributed by atoms with van der Waals surface area (Å²) in [5.74, 6) is 1.07. The third-order valence-corrected chi connectivity index (χ3v) is 4.74. The highest BCUT2D eigenvalue weighted by molar-refractivity contribution is 7.99. The van der Waals surface area contributed by atoms with Gasteiger partial charge in [0, 0.05) is 11.7 Å². The molecule has 1 heterocycles. The van der Waals surface area contributed by atoms with Gasteiger partial charge in [-0.25, -0.2) is 4.98 Å². The molecule has 3 nitrogen and oxygen atoms in total. The van der Waals surface area contributed by atoms with Gasteiger partial charge in [-0.3, -0.25) is 5.32 Å². The van der Waals surface area contributed by atoms with Gasteiger partial charge < -0.3 is 0 Å². The fourth-order valence-corrected chi connectivity index (χ4v) is 3.51. The van der Waals surface area contributed by atoms with Gasteiger partial charge >= 0.3 is 0 Å². The minimum atomic E-state index is -0.343. The zero-order valence-corrected chi connectivity index (χ0v) is 14.1. The number of pyridine rings is 1. The molecule has 0 aromatic carbocycles. The lowest BCUT2D eigenvalue weighted by Gasteiger charge is -2.23. The number of aromatic nitrogens is 1. The number of hydrogen-bond acceptors (Lipinski definition) is 4. The number of nitriles is 1. The molecule has 1 aromatic heterocycles. The molecule has 1 aliphatic rings. The topological polar surface area (TPSA) is 48.7 Å². The first-order chi connectivity index (χ1) is 10.0. The molecule has 114 valence electrons. The van der Waals surface area contributed by atoms with Gasteiger partial charge in [0.15, 0.2) is 0 Å². The van der Waals surface area contributed by atoms with Crippen LogP contribution in [-0.2, 0) is 0 Å². The summed E-state index contributed by atoms with van der Waals surface area (Å²) in [5.41, 5.74) is 2.02. The first-order valence-corrected chi connectivity index (χ1v) is 8.76. The summed E-state index contributed by atoms with van der Waals surface area (Å²) < 4.78 is 0. The molecule has 0 aliphatic heterocycles. The van der Waals surface area contributed by atoms with Crippen molar-refractivity contribution in [1.29, 1.82) is 5.26 Å². The first-order valence-electron chi connectivity index (χ1n) is 7.78. The molecular weight excluding hydrogens is 278 g/mol. The van der Waals surface area contributed by atoms with E-state index in [9.17, 15) is 5.26 Å². The largest absolute Gasteiger partial charge is 0.297 e. The maximum Gasteiger partial charge on any atom is 0.104 e. The number of nitrogens with one attached hydrogen (secondary N) is 1. The van der Waals surface area contributed by atoms with E-state index in [1.54, 1.807) is 0 Å². The van der Waals surface area contributed by atoms with Crippen LogP contribution in [-0.4, -0.2) is 22.3 Å². The summed E-state index contributed by atoms with van der Waals surface area (Å²) in [5, 5.41) is 13.9. The van der Waals surface area contributed by atoms with E-state index >= 15 is 0 Å². The van der Waals surface area contributed by atoms with Crippen molar-refractivity contribution in [3.05, 3.63) is 23.4 Å². The Morgan fingerprint density at radius 2 is 2.14 bits per heavy atom. The van der Waals surface area contributed by atoms with Crippen LogP contribution >= 0.6 is 11.8 Å². The van der Waals surface area contributed by atoms with Gasteiger partial charge in [0.25, 0.3) is 0 Å². The molecule has 21 heavy (non-hydrogen) atoms. The lowest BCUT2D eigenvalue weighted by atomic mass is 9.96. The molecular formula is C17H25N3S. The van der Waals surface area contributed by atoms with E-state index in [4.69, 9.17) is 0 Å². The summed E-state index contributed by atoms with van der Waals surface area (Å²) >= 11 is 1.82. The van der Waals surface area contributed by atoms with Crippen LogP contribution in [0.3, 0.4) is 0 Å². The lowest BCUT2D eigenvalue weighted by Crippen LogP contribution is -2.42. The zero-order valence-electron chi connectivity index (χ0n) is 13.3. The Morgan fingerprint density at radius 1 is 1.38 bits per heavy atom. The standard InChI is InChI=1S/C17H25N3S/c1-13-10-14(2)19-16(11-13)21-9-5-4-8-17(3,12-18)20-15-6-7-15/h10-11,15,20H,4-9H2,1-3H3. The Kier molecular flexibility index (Phi) is 5.66. The average Bonchev–Trinajstić information content (AvgIpc) is 3.21. The van der Waals surface area contributed by atoms with E-state index in [0.29, 0.717) is 6.04 Å². The van der Waals surface area contributed by atoms with Crippen LogP contribution in [0.25, 0.3) is 0 Å². The van der Waals surface area contributed by atoms with Crippen molar-refractivity contribution < 1.29 is 0 Å². The van der Waals surface area contributed by atoms with Gasteiger partial charge in [0.2, 0.25) is 0 Å². The van der Waals surface area contributed by atoms with Crippen molar-refractivity contribution in [2.45, 2.75) is 69.5 Å². The fraction of sp³-hybridized carbons (Fsp3) is 0.647. The Bertz CT molecular complexity index is 499. The van der Waals surface area contributed by atoms with E-state index < -0.39 is 0 Å². The predicted octanol–water partition coefficient (Wildman–Crippen LogP) is 4.00. The summed E-state index contributed by atoms with van der Waals surface area (Å²) in [7, 11) is 0. The van der Waals surface area contributed by atoms with Crippen LogP contribution in [0.15, 0.2) is 17.2 Å². The Labute approximate surface area is 132 Å². The zero-order chi connectivity index (χ0) is 15.3. The lowest BCUT2D eigenvalue weighted by molar-refractivity contribution is 0.402. The van der Waals surface area contributed by atoms with Crippen LogP contribution in [0.1, 0.15) is 50.3 Å². The normalized spacial score (nSPS) is 17.2. The number of nitrogens with zero attached hydrogens (tertiary/aromatic N) is 2. The molecule has 1 aliphatic carbocycles. The molecule has 1 saturated carbocycles. The van der Waals surface area contributed by atoms with Crippen LogP contribution in [0.5, 0.6) is 0 Å². The number of hydrogen-bond donors (Lipinski definition) is 1. The molecule has 0 bridgehead atoms. The number of rotatable bonds is 8. The highest BCUT2D eigenvalue weighted by Crippen LogP contribution is 2.25. The van der Waals surface area contributed by atoms with Crippen molar-refractivity contribution in [3.63, 3.8) is 0 Å². The van der Waals surface area contributed by atoms with Gasteiger partial charge in [-0.1, -0.05) is 0 Å². The van der Waals surface area contributed by atoms with Gasteiger partial charge in [-0.15, -0.1) is 11.8 Å². The third kappa shape index (κ3) is 5.68. The molecule has 1 unspecified atom stereocenters. The third-order valence-electron chi connectivity index (χ3n) is 3.74. The minimum absolute atomic E-state index is 0.343. The Hall–Kier alpha value is -1.05. The SMILES string of the molecule is Cc1cc(C)nc(SCCCCC(C)(C#N)NC2CC2)c1. The quantitative estimate of drug-likeness (QED) is 0.582. The van der Waals surface area contributed by atoms with Crippen LogP contribution < -0.4 is 5.32 Å². The number of thioether (sulfide) groups is 1. The maximum atomic E-state index is 9.33. The minimum Gasteiger partial charge on any atom is -0.297 e. The molecule has 0 amide bonds. The van der Waals surface area contributed by atoms with Gasteiger partial charge in [-0.05, 0) is 76.3 Å². The molecule has 2 rings (SSSR count). The smallest absolute Gasteiger partial charge is 0.104 e. The molecule has 4 heteroatoms. The van der Waals surface area contributed by atoms with Crippen LogP contribution in [0.2, 0.25) is 0 Å². The Balaban J connectivity index is 1.68. The van der Waals surface area contributed by atoms with Crippen molar-refractivity contribution in [2.24, 2.45) is 0 Å². The first kappa shape index (κ1) is 16.3. The molecule has 0 radical (unpaired) electrons. The van der Waals surface area contributed by atoms with Crippen molar-refractivity contribution in [3.8, 4) is 6.07 Å².